The van der Waals surface area contributed by atoms with Crippen LogP contribution in [0.4, 0.5) is 11.4 Å². The Kier molecular flexibility index (Phi) is 4.24. The van der Waals surface area contributed by atoms with Crippen LogP contribution in [-0.4, -0.2) is 17.9 Å². The summed E-state index contributed by atoms with van der Waals surface area (Å²) in [6.07, 6.45) is 0. The van der Waals surface area contributed by atoms with Crippen molar-refractivity contribution < 1.29 is 17.8 Å². The molecule has 0 bridgehead atoms. The molecule has 1 N–H and O–H groups in total. The molecule has 0 amide bonds. The first kappa shape index (κ1) is 18.0. The molecule has 0 aliphatic carbocycles. The van der Waals surface area contributed by atoms with Crippen molar-refractivity contribution in [2.45, 2.75) is 11.8 Å². The summed E-state index contributed by atoms with van der Waals surface area (Å²) < 4.78 is 33.9. The van der Waals surface area contributed by atoms with Crippen molar-refractivity contribution in [2.75, 3.05) is 4.72 Å². The van der Waals surface area contributed by atoms with E-state index in [1.807, 2.05) is 0 Å². The maximum Gasteiger partial charge on any atom is 0.419 e. The van der Waals surface area contributed by atoms with Gasteiger partial charge in [-0.3, -0.25) is 19.4 Å². The lowest BCUT2D eigenvalue weighted by molar-refractivity contribution is -0.385. The van der Waals surface area contributed by atoms with Crippen LogP contribution in [0.3, 0.4) is 0 Å². The molecule has 0 aliphatic rings. The molecule has 136 valence electrons. The van der Waals surface area contributed by atoms with Crippen LogP contribution in [0, 0.1) is 17.0 Å². The zero-order chi connectivity index (χ0) is 19.2. The molecule has 2 aromatic carbocycles. The average molecular weight is 398 g/mol. The fourth-order valence-corrected chi connectivity index (χ4v) is 4.13. The van der Waals surface area contributed by atoms with E-state index in [-0.39, 0.29) is 32.4 Å². The van der Waals surface area contributed by atoms with Gasteiger partial charge in [0, 0.05) is 19.2 Å². The number of fused-ring (bicyclic) bond motifs is 1. The first-order valence-corrected chi connectivity index (χ1v) is 9.04. The van der Waals surface area contributed by atoms with Gasteiger partial charge in [0.15, 0.2) is 5.58 Å². The molecule has 0 unspecified atom stereocenters. The molecule has 1 heterocycles. The minimum absolute atomic E-state index is 0.0462. The van der Waals surface area contributed by atoms with E-state index in [9.17, 15) is 23.3 Å². The summed E-state index contributed by atoms with van der Waals surface area (Å²) in [5.74, 6) is -0.659. The zero-order valence-corrected chi connectivity index (χ0v) is 15.1. The lowest BCUT2D eigenvalue weighted by Crippen LogP contribution is -2.14. The maximum absolute atomic E-state index is 12.7. The van der Waals surface area contributed by atoms with Crippen LogP contribution in [0.25, 0.3) is 11.1 Å². The number of anilines is 1. The first-order chi connectivity index (χ1) is 12.1. The number of hydrogen-bond acceptors (Lipinski definition) is 6. The van der Waals surface area contributed by atoms with Gasteiger partial charge in [-0.15, -0.1) is 0 Å². The number of rotatable bonds is 4. The zero-order valence-electron chi connectivity index (χ0n) is 13.5. The van der Waals surface area contributed by atoms with E-state index >= 15 is 0 Å². The van der Waals surface area contributed by atoms with Crippen molar-refractivity contribution in [1.82, 2.24) is 4.57 Å². The maximum atomic E-state index is 12.7. The highest BCUT2D eigenvalue weighted by Gasteiger charge is 2.23. The summed E-state index contributed by atoms with van der Waals surface area (Å²) >= 11 is 6.07. The fraction of sp³-hybridized carbons (Fsp3) is 0.133. The summed E-state index contributed by atoms with van der Waals surface area (Å²) in [6.45, 7) is 1.43. The van der Waals surface area contributed by atoms with Crippen LogP contribution in [0.1, 0.15) is 5.56 Å². The van der Waals surface area contributed by atoms with Gasteiger partial charge in [-0.05, 0) is 19.1 Å². The number of nitrogens with one attached hydrogen (secondary N) is 1. The van der Waals surface area contributed by atoms with Gasteiger partial charge in [0.05, 0.1) is 26.7 Å². The van der Waals surface area contributed by atoms with Crippen LogP contribution >= 0.6 is 11.6 Å². The molecular weight excluding hydrogens is 386 g/mol. The molecule has 9 nitrogen and oxygen atoms in total. The quantitative estimate of drug-likeness (QED) is 0.533. The van der Waals surface area contributed by atoms with E-state index in [0.717, 1.165) is 6.07 Å². The Morgan fingerprint density at radius 2 is 2.00 bits per heavy atom. The van der Waals surface area contributed by atoms with Crippen LogP contribution in [0.5, 0.6) is 0 Å². The topological polar surface area (TPSA) is 124 Å². The number of nitrogens with zero attached hydrogens (tertiary/aromatic N) is 2. The third-order valence-corrected chi connectivity index (χ3v) is 5.71. The lowest BCUT2D eigenvalue weighted by Gasteiger charge is -2.11. The lowest BCUT2D eigenvalue weighted by atomic mass is 10.2. The van der Waals surface area contributed by atoms with Crippen molar-refractivity contribution in [3.8, 4) is 0 Å². The van der Waals surface area contributed by atoms with Crippen LogP contribution < -0.4 is 10.5 Å². The predicted molar refractivity (Wildman–Crippen MR) is 95.1 cm³/mol. The van der Waals surface area contributed by atoms with E-state index < -0.39 is 20.7 Å². The summed E-state index contributed by atoms with van der Waals surface area (Å²) in [4.78, 5) is 21.7. The molecule has 0 spiro atoms. The van der Waals surface area contributed by atoms with Gasteiger partial charge in [-0.25, -0.2) is 13.2 Å². The SMILES string of the molecule is Cc1c(NS(=O)(=O)c2cc3oc(=O)n(C)c3cc2Cl)cccc1[N+](=O)[O-]. The second kappa shape index (κ2) is 6.15. The molecule has 1 aromatic heterocycles. The molecule has 0 radical (unpaired) electrons. The third kappa shape index (κ3) is 2.93. The second-order valence-electron chi connectivity index (χ2n) is 5.49. The van der Waals surface area contributed by atoms with E-state index in [1.54, 1.807) is 0 Å². The van der Waals surface area contributed by atoms with Gasteiger partial charge >= 0.3 is 5.76 Å². The number of sulfonamides is 1. The van der Waals surface area contributed by atoms with Gasteiger partial charge < -0.3 is 4.42 Å². The molecule has 11 heteroatoms. The van der Waals surface area contributed by atoms with Gasteiger partial charge in [-0.1, -0.05) is 17.7 Å². The van der Waals surface area contributed by atoms with Crippen molar-refractivity contribution in [3.05, 3.63) is 61.6 Å². The standard InChI is InChI=1S/C15H12ClN3O6S/c1-8-10(4-3-5-11(8)19(21)22)17-26(23,24)14-7-13-12(6-9(14)16)18(2)15(20)25-13/h3-7,17H,1-2H3. The Hall–Kier alpha value is -2.85. The van der Waals surface area contributed by atoms with Crippen LogP contribution in [0.2, 0.25) is 5.02 Å². The summed E-state index contributed by atoms with van der Waals surface area (Å²) in [5, 5.41) is 10.9. The smallest absolute Gasteiger partial charge is 0.408 e. The number of benzene rings is 2. The van der Waals surface area contributed by atoms with E-state index in [0.29, 0.717) is 5.52 Å². The second-order valence-corrected chi connectivity index (χ2v) is 7.55. The highest BCUT2D eigenvalue weighted by Crippen LogP contribution is 2.31. The molecule has 0 saturated carbocycles. The van der Waals surface area contributed by atoms with Crippen molar-refractivity contribution >= 4 is 44.1 Å². The molecule has 26 heavy (non-hydrogen) atoms. The average Bonchev–Trinajstić information content (AvgIpc) is 2.83. The summed E-state index contributed by atoms with van der Waals surface area (Å²) in [7, 11) is -2.72. The molecular formula is C15H12ClN3O6S. The normalized spacial score (nSPS) is 11.7. The number of aromatic nitrogens is 1. The highest BCUT2D eigenvalue weighted by atomic mass is 35.5. The summed E-state index contributed by atoms with van der Waals surface area (Å²) in [5.41, 5.74) is 0.374. The third-order valence-electron chi connectivity index (χ3n) is 3.88. The number of nitro groups is 1. The van der Waals surface area contributed by atoms with Crippen molar-refractivity contribution in [1.29, 1.82) is 0 Å². The fourth-order valence-electron chi connectivity index (χ4n) is 2.47. The molecule has 0 fully saturated rings. The van der Waals surface area contributed by atoms with Gasteiger partial charge in [0.25, 0.3) is 15.7 Å². The number of hydrogen-bond donors (Lipinski definition) is 1. The molecule has 3 rings (SSSR count). The Labute approximate surface area is 152 Å². The largest absolute Gasteiger partial charge is 0.419 e. The van der Waals surface area contributed by atoms with Crippen LogP contribution in [0.15, 0.2) is 44.4 Å². The number of aryl methyl sites for hydroxylation is 1. The monoisotopic (exact) mass is 397 g/mol. The minimum atomic E-state index is -4.18. The van der Waals surface area contributed by atoms with E-state index in [2.05, 4.69) is 4.72 Å². The number of oxazole rings is 1. The Morgan fingerprint density at radius 3 is 2.65 bits per heavy atom. The molecule has 0 aliphatic heterocycles. The molecule has 0 saturated heterocycles. The minimum Gasteiger partial charge on any atom is -0.408 e. The van der Waals surface area contributed by atoms with Crippen molar-refractivity contribution in [3.63, 3.8) is 0 Å². The molecule has 3 aromatic rings. The van der Waals surface area contributed by atoms with Crippen molar-refractivity contribution in [2.24, 2.45) is 7.05 Å². The summed E-state index contributed by atoms with van der Waals surface area (Å²) in [6, 6.07) is 6.47. The van der Waals surface area contributed by atoms with Gasteiger partial charge in [0.1, 0.15) is 4.90 Å². The Morgan fingerprint density at radius 1 is 1.31 bits per heavy atom. The van der Waals surface area contributed by atoms with E-state index in [4.69, 9.17) is 16.0 Å². The predicted octanol–water partition coefficient (Wildman–Crippen LogP) is 2.80. The molecule has 0 atom stereocenters. The van der Waals surface area contributed by atoms with Gasteiger partial charge in [0.2, 0.25) is 0 Å². The first-order valence-electron chi connectivity index (χ1n) is 7.17. The van der Waals surface area contributed by atoms with E-state index in [1.165, 1.54) is 42.8 Å². The Balaban J connectivity index is 2.11. The Bertz CT molecular complexity index is 1210. The van der Waals surface area contributed by atoms with Crippen LogP contribution in [-0.2, 0) is 17.1 Å². The number of nitro benzene ring substituents is 1. The highest BCUT2D eigenvalue weighted by molar-refractivity contribution is 7.92. The van der Waals surface area contributed by atoms with Gasteiger partial charge in [-0.2, -0.15) is 0 Å². The number of halogens is 1.